The Hall–Kier alpha value is -2.26. The van der Waals surface area contributed by atoms with Crippen molar-refractivity contribution in [3.05, 3.63) is 58.8 Å². The minimum atomic E-state index is -0.757. The van der Waals surface area contributed by atoms with Crippen molar-refractivity contribution < 1.29 is 24.2 Å². The summed E-state index contributed by atoms with van der Waals surface area (Å²) in [6.45, 7) is 8.09. The average Bonchev–Trinajstić information content (AvgIpc) is 3.15. The first-order chi connectivity index (χ1) is 16.1. The summed E-state index contributed by atoms with van der Waals surface area (Å²) in [7, 11) is 1.86. The van der Waals surface area contributed by atoms with Gasteiger partial charge in [0.05, 0.1) is 23.9 Å². The minimum Gasteiger partial charge on any atom is -0.503 e. The van der Waals surface area contributed by atoms with Gasteiger partial charge in [-0.15, -0.1) is 0 Å². The van der Waals surface area contributed by atoms with Crippen molar-refractivity contribution in [1.82, 2.24) is 15.1 Å². The molecule has 0 radical (unpaired) electrons. The van der Waals surface area contributed by atoms with Gasteiger partial charge in [0.15, 0.2) is 11.5 Å². The fourth-order valence-electron chi connectivity index (χ4n) is 4.56. The van der Waals surface area contributed by atoms with Gasteiger partial charge < -0.3 is 15.1 Å². The van der Waals surface area contributed by atoms with E-state index in [9.17, 15) is 19.1 Å². The van der Waals surface area contributed by atoms with E-state index in [1.54, 1.807) is 13.0 Å². The first-order valence-corrected chi connectivity index (χ1v) is 11.8. The zero-order valence-electron chi connectivity index (χ0n) is 20.1. The minimum absolute atomic E-state index is 0.0100. The number of aliphatic hydroxyl groups excluding tert-OH is 2. The van der Waals surface area contributed by atoms with E-state index >= 15 is 0 Å². The van der Waals surface area contributed by atoms with Crippen LogP contribution in [0, 0.1) is 5.92 Å². The summed E-state index contributed by atoms with van der Waals surface area (Å²) in [5, 5.41) is 22.6. The summed E-state index contributed by atoms with van der Waals surface area (Å²) in [5.41, 5.74) is 0.123. The van der Waals surface area contributed by atoms with Crippen LogP contribution < -0.4 is 5.32 Å². The number of nitrogens with zero attached hydrogens (tertiary/aromatic N) is 2. The van der Waals surface area contributed by atoms with Crippen molar-refractivity contribution in [3.63, 3.8) is 0 Å². The highest BCUT2D eigenvalue weighted by atomic mass is 35.5. The maximum Gasteiger partial charge on any atom is 0.294 e. The van der Waals surface area contributed by atoms with Crippen molar-refractivity contribution in [3.8, 4) is 0 Å². The largest absolute Gasteiger partial charge is 0.503 e. The monoisotopic (exact) mass is 495 g/mol. The summed E-state index contributed by atoms with van der Waals surface area (Å²) < 4.78 is 13.5. The number of Topliss-reactive ketones (excluding diaryl/α,β-unsaturated/α-hetero) is 1. The summed E-state index contributed by atoms with van der Waals surface area (Å²) in [6.07, 6.45) is 8.40. The molecule has 0 aromatic heterocycles. The molecule has 0 bridgehead atoms. The van der Waals surface area contributed by atoms with Gasteiger partial charge in [0.2, 0.25) is 0 Å². The molecular formula is C25H35ClFN3O4. The Bertz CT molecular complexity index is 927. The maximum absolute atomic E-state index is 13.5. The van der Waals surface area contributed by atoms with Gasteiger partial charge in [-0.05, 0) is 63.3 Å². The number of carbonyl (C=O) groups is 2. The van der Waals surface area contributed by atoms with E-state index in [0.717, 1.165) is 18.9 Å². The number of carbonyl (C=O) groups excluding carboxylic acids is 2. The lowest BCUT2D eigenvalue weighted by Gasteiger charge is -2.48. The number of hydrogen-bond acceptors (Lipinski definition) is 6. The Morgan fingerprint density at radius 2 is 2.18 bits per heavy atom. The summed E-state index contributed by atoms with van der Waals surface area (Å²) in [6, 6.07) is 0. The van der Waals surface area contributed by atoms with Crippen LogP contribution in [0.3, 0.4) is 0 Å². The molecule has 2 rings (SSSR count). The smallest absolute Gasteiger partial charge is 0.294 e. The quantitative estimate of drug-likeness (QED) is 0.256. The predicted octanol–water partition coefficient (Wildman–Crippen LogP) is 3.70. The van der Waals surface area contributed by atoms with Gasteiger partial charge in [0.1, 0.15) is 11.5 Å². The van der Waals surface area contributed by atoms with Gasteiger partial charge in [-0.25, -0.2) is 4.39 Å². The molecule has 1 spiro atoms. The van der Waals surface area contributed by atoms with Crippen molar-refractivity contribution in [2.45, 2.75) is 45.2 Å². The van der Waals surface area contributed by atoms with Gasteiger partial charge in [-0.1, -0.05) is 37.3 Å². The van der Waals surface area contributed by atoms with Gasteiger partial charge in [-0.3, -0.25) is 19.8 Å². The molecule has 0 aromatic rings. The lowest BCUT2D eigenvalue weighted by molar-refractivity contribution is -0.143. The number of likely N-dealkylation sites (N-methyl/N-ethyl adjacent to an activating group) is 1. The number of hydrogen-bond donors (Lipinski definition) is 3. The van der Waals surface area contributed by atoms with Crippen LogP contribution in [0.25, 0.3) is 0 Å². The van der Waals surface area contributed by atoms with Crippen LogP contribution in [-0.4, -0.2) is 70.7 Å². The molecule has 3 N–H and O–H groups in total. The maximum atomic E-state index is 13.5. The molecule has 1 heterocycles. The summed E-state index contributed by atoms with van der Waals surface area (Å²) in [5.74, 6) is -1.97. The molecule has 1 saturated carbocycles. The number of amides is 1. The highest BCUT2D eigenvalue weighted by Gasteiger charge is 2.52. The highest BCUT2D eigenvalue weighted by molar-refractivity contribution is 6.31. The Morgan fingerprint density at radius 3 is 2.76 bits per heavy atom. The molecule has 2 aliphatic rings. The fraction of sp³-hybridized carbons (Fsp3) is 0.520. The molecule has 2 fully saturated rings. The zero-order chi connectivity index (χ0) is 25.5. The third-order valence-corrected chi connectivity index (χ3v) is 6.62. The second kappa shape index (κ2) is 12.4. The molecular weight excluding hydrogens is 461 g/mol. The van der Waals surface area contributed by atoms with E-state index in [2.05, 4.69) is 11.9 Å². The Balaban J connectivity index is 2.20. The Labute approximate surface area is 205 Å². The fourth-order valence-corrected chi connectivity index (χ4v) is 4.83. The molecule has 0 aromatic carbocycles. The molecule has 188 valence electrons. The standard InChI is InChI=1S/C25H35ClFN3O4/c1-5-20(27)19(26)14-17(2)16-29(4)12-7-9-21-23(33)15-28-25(11-6-8-18(25)3)30(21)24(34)22(32)10-13-31/h5,9-10,14,18,28,31-32H,2,6-8,11-13,15-16H2,1,3-4H3/b19-14+,20-5+,21-9+,22-10-. The number of halogens is 2. The molecule has 1 amide bonds. The zero-order valence-corrected chi connectivity index (χ0v) is 20.9. The van der Waals surface area contributed by atoms with Gasteiger partial charge in [0, 0.05) is 13.1 Å². The first-order valence-electron chi connectivity index (χ1n) is 11.5. The van der Waals surface area contributed by atoms with E-state index in [4.69, 9.17) is 16.7 Å². The Morgan fingerprint density at radius 1 is 1.47 bits per heavy atom. The van der Waals surface area contributed by atoms with Crippen LogP contribution in [-0.2, 0) is 9.59 Å². The SMILES string of the molecule is C=C(/C=C(Cl)\C(F)=C/C)CN(C)CC/C=C1\C(=O)CNC2(CCCC2C)N1C(=O)/C(O)=C/CO. The van der Waals surface area contributed by atoms with Crippen LogP contribution in [0.4, 0.5) is 4.39 Å². The molecule has 2 unspecified atom stereocenters. The van der Waals surface area contributed by atoms with E-state index in [1.807, 2.05) is 18.9 Å². The van der Waals surface area contributed by atoms with E-state index in [1.165, 1.54) is 17.1 Å². The summed E-state index contributed by atoms with van der Waals surface area (Å²) >= 11 is 5.90. The first kappa shape index (κ1) is 28.0. The topological polar surface area (TPSA) is 93.1 Å². The van der Waals surface area contributed by atoms with E-state index in [0.29, 0.717) is 31.5 Å². The molecule has 2 atom stereocenters. The molecule has 7 nitrogen and oxygen atoms in total. The van der Waals surface area contributed by atoms with Crippen molar-refractivity contribution in [1.29, 1.82) is 0 Å². The molecule has 9 heteroatoms. The van der Waals surface area contributed by atoms with Gasteiger partial charge >= 0.3 is 0 Å². The van der Waals surface area contributed by atoms with Crippen LogP contribution >= 0.6 is 11.6 Å². The van der Waals surface area contributed by atoms with Crippen LogP contribution in [0.15, 0.2) is 58.8 Å². The summed E-state index contributed by atoms with van der Waals surface area (Å²) in [4.78, 5) is 29.3. The second-order valence-electron chi connectivity index (χ2n) is 8.81. The number of ketones is 1. The van der Waals surface area contributed by atoms with Gasteiger partial charge in [0.25, 0.3) is 5.91 Å². The number of aliphatic hydroxyl groups is 2. The second-order valence-corrected chi connectivity index (χ2v) is 9.22. The number of allylic oxidation sites excluding steroid dienone is 3. The number of rotatable bonds is 9. The lowest BCUT2D eigenvalue weighted by Crippen LogP contribution is -2.67. The van der Waals surface area contributed by atoms with Crippen LogP contribution in [0.2, 0.25) is 0 Å². The van der Waals surface area contributed by atoms with Crippen molar-refractivity contribution in [2.24, 2.45) is 5.92 Å². The molecule has 34 heavy (non-hydrogen) atoms. The normalized spacial score (nSPS) is 25.7. The molecule has 1 saturated heterocycles. The van der Waals surface area contributed by atoms with Crippen LogP contribution in [0.5, 0.6) is 0 Å². The van der Waals surface area contributed by atoms with E-state index < -0.39 is 29.8 Å². The third-order valence-electron chi connectivity index (χ3n) is 6.33. The third kappa shape index (κ3) is 6.44. The highest BCUT2D eigenvalue weighted by Crippen LogP contribution is 2.42. The molecule has 1 aliphatic carbocycles. The van der Waals surface area contributed by atoms with E-state index in [-0.39, 0.29) is 29.0 Å². The van der Waals surface area contributed by atoms with Crippen molar-refractivity contribution in [2.75, 3.05) is 33.3 Å². The van der Waals surface area contributed by atoms with Gasteiger partial charge in [-0.2, -0.15) is 0 Å². The lowest BCUT2D eigenvalue weighted by atomic mass is 9.91. The Kier molecular flexibility index (Phi) is 10.2. The predicted molar refractivity (Wildman–Crippen MR) is 132 cm³/mol. The van der Waals surface area contributed by atoms with Crippen molar-refractivity contribution >= 4 is 23.3 Å². The molecule has 1 aliphatic heterocycles. The average molecular weight is 496 g/mol. The van der Waals surface area contributed by atoms with Crippen LogP contribution in [0.1, 0.15) is 39.5 Å². The number of nitrogens with one attached hydrogen (secondary N) is 1.